The summed E-state index contributed by atoms with van der Waals surface area (Å²) < 4.78 is 0. The zero-order valence-electron chi connectivity index (χ0n) is 20.4. The SMILES string of the molecule is CC(C)c1ccc(N(C(=O)O)c2ccc3c(c2)[C@]2(C)CCN(C)C2N3Cc2ccccc2)cc1. The van der Waals surface area contributed by atoms with E-state index in [1.807, 2.05) is 36.4 Å². The molecule has 2 atom stereocenters. The largest absolute Gasteiger partial charge is 0.464 e. The van der Waals surface area contributed by atoms with Gasteiger partial charge in [-0.2, -0.15) is 0 Å². The third-order valence-electron chi connectivity index (χ3n) is 7.63. The van der Waals surface area contributed by atoms with Gasteiger partial charge in [-0.05, 0) is 66.4 Å². The Morgan fingerprint density at radius 2 is 1.74 bits per heavy atom. The Labute approximate surface area is 202 Å². The first-order chi connectivity index (χ1) is 16.3. The second-order valence-corrected chi connectivity index (χ2v) is 10.2. The maximum Gasteiger partial charge on any atom is 0.416 e. The first-order valence-electron chi connectivity index (χ1n) is 12.1. The fourth-order valence-corrected chi connectivity index (χ4v) is 5.83. The Hall–Kier alpha value is -3.31. The molecule has 3 aromatic rings. The van der Waals surface area contributed by atoms with Gasteiger partial charge in [0.1, 0.15) is 0 Å². The summed E-state index contributed by atoms with van der Waals surface area (Å²) >= 11 is 0. The van der Waals surface area contributed by atoms with Gasteiger partial charge in [0, 0.05) is 24.2 Å². The number of hydrogen-bond acceptors (Lipinski definition) is 3. The van der Waals surface area contributed by atoms with E-state index < -0.39 is 6.09 Å². The molecule has 0 radical (unpaired) electrons. The van der Waals surface area contributed by atoms with Crippen LogP contribution in [0, 0.1) is 0 Å². The Morgan fingerprint density at radius 3 is 2.38 bits per heavy atom. The van der Waals surface area contributed by atoms with E-state index in [2.05, 4.69) is 74.0 Å². The van der Waals surface area contributed by atoms with Gasteiger partial charge in [0.15, 0.2) is 0 Å². The third-order valence-corrected chi connectivity index (χ3v) is 7.63. The van der Waals surface area contributed by atoms with Crippen molar-refractivity contribution in [3.05, 3.63) is 89.5 Å². The monoisotopic (exact) mass is 455 g/mol. The van der Waals surface area contributed by atoms with Crippen molar-refractivity contribution >= 4 is 23.2 Å². The molecule has 176 valence electrons. The Kier molecular flexibility index (Phi) is 5.61. The fraction of sp³-hybridized carbons (Fsp3) is 0.345. The summed E-state index contributed by atoms with van der Waals surface area (Å²) in [5.41, 5.74) is 6.22. The minimum atomic E-state index is -0.971. The topological polar surface area (TPSA) is 47.0 Å². The number of rotatable bonds is 5. The number of amides is 1. The van der Waals surface area contributed by atoms with Gasteiger partial charge in [0.2, 0.25) is 0 Å². The van der Waals surface area contributed by atoms with Gasteiger partial charge in [0.25, 0.3) is 0 Å². The van der Waals surface area contributed by atoms with E-state index in [4.69, 9.17) is 0 Å². The average molecular weight is 456 g/mol. The average Bonchev–Trinajstić information content (AvgIpc) is 3.25. The number of fused-ring (bicyclic) bond motifs is 3. The van der Waals surface area contributed by atoms with E-state index in [1.54, 1.807) is 0 Å². The quantitative estimate of drug-likeness (QED) is 0.473. The zero-order chi connectivity index (χ0) is 24.0. The van der Waals surface area contributed by atoms with Crippen LogP contribution in [-0.2, 0) is 12.0 Å². The molecule has 1 amide bonds. The number of anilines is 3. The zero-order valence-corrected chi connectivity index (χ0v) is 20.4. The molecule has 3 aromatic carbocycles. The van der Waals surface area contributed by atoms with Crippen molar-refractivity contribution in [1.29, 1.82) is 0 Å². The van der Waals surface area contributed by atoms with Gasteiger partial charge in [0.05, 0.1) is 17.5 Å². The maximum atomic E-state index is 12.4. The predicted octanol–water partition coefficient (Wildman–Crippen LogP) is 6.57. The van der Waals surface area contributed by atoms with Crippen molar-refractivity contribution in [2.75, 3.05) is 23.4 Å². The van der Waals surface area contributed by atoms with Crippen LogP contribution in [0.5, 0.6) is 0 Å². The van der Waals surface area contributed by atoms with Gasteiger partial charge < -0.3 is 10.0 Å². The fourth-order valence-electron chi connectivity index (χ4n) is 5.83. The maximum absolute atomic E-state index is 12.4. The van der Waals surface area contributed by atoms with Gasteiger partial charge in [-0.25, -0.2) is 9.69 Å². The van der Waals surface area contributed by atoms with E-state index in [0.717, 1.165) is 19.5 Å². The molecule has 1 saturated heterocycles. The first-order valence-corrected chi connectivity index (χ1v) is 12.1. The van der Waals surface area contributed by atoms with Crippen LogP contribution in [0.3, 0.4) is 0 Å². The number of likely N-dealkylation sites (tertiary alicyclic amines) is 1. The molecular formula is C29H33N3O2. The van der Waals surface area contributed by atoms with Crippen LogP contribution < -0.4 is 9.80 Å². The van der Waals surface area contributed by atoms with Crippen LogP contribution in [0.15, 0.2) is 72.8 Å². The molecule has 5 nitrogen and oxygen atoms in total. The predicted molar refractivity (Wildman–Crippen MR) is 138 cm³/mol. The standard InChI is InChI=1S/C29H33N3O2/c1-20(2)22-10-12-23(13-11-22)32(28(33)34)24-14-15-26-25(18-24)29(3)16-17-30(4)27(29)31(26)19-21-8-6-5-7-9-21/h5-15,18,20,27H,16-17,19H2,1-4H3,(H,33,34)/t27?,29-/m0/s1. The summed E-state index contributed by atoms with van der Waals surface area (Å²) in [6.45, 7) is 8.46. The Morgan fingerprint density at radius 1 is 1.06 bits per heavy atom. The van der Waals surface area contributed by atoms with E-state index in [-0.39, 0.29) is 11.6 Å². The highest BCUT2D eigenvalue weighted by atomic mass is 16.4. The molecule has 1 fully saturated rings. The number of likely N-dealkylation sites (N-methyl/N-ethyl adjacent to an activating group) is 1. The van der Waals surface area contributed by atoms with Crippen molar-refractivity contribution < 1.29 is 9.90 Å². The molecule has 0 saturated carbocycles. The summed E-state index contributed by atoms with van der Waals surface area (Å²) in [4.78, 5) is 18.7. The summed E-state index contributed by atoms with van der Waals surface area (Å²) in [7, 11) is 2.19. The molecule has 2 aliphatic heterocycles. The molecular weight excluding hydrogens is 422 g/mol. The third kappa shape index (κ3) is 3.64. The summed E-state index contributed by atoms with van der Waals surface area (Å²) in [6, 6.07) is 24.6. The lowest BCUT2D eigenvalue weighted by Gasteiger charge is -2.35. The van der Waals surface area contributed by atoms with E-state index in [9.17, 15) is 9.90 Å². The van der Waals surface area contributed by atoms with Gasteiger partial charge in [-0.15, -0.1) is 0 Å². The van der Waals surface area contributed by atoms with Gasteiger partial charge in [-0.3, -0.25) is 4.90 Å². The molecule has 34 heavy (non-hydrogen) atoms. The van der Waals surface area contributed by atoms with Gasteiger partial charge >= 0.3 is 6.09 Å². The van der Waals surface area contributed by atoms with Crippen molar-refractivity contribution in [3.63, 3.8) is 0 Å². The Balaban J connectivity index is 1.56. The molecule has 5 rings (SSSR count). The highest BCUT2D eigenvalue weighted by molar-refractivity contribution is 5.95. The number of carboxylic acid groups (broad SMARTS) is 1. The minimum absolute atomic E-state index is 0.0550. The smallest absolute Gasteiger partial charge is 0.416 e. The van der Waals surface area contributed by atoms with E-state index >= 15 is 0 Å². The normalized spacial score (nSPS) is 21.6. The second kappa shape index (κ2) is 8.48. The molecule has 0 aliphatic carbocycles. The van der Waals surface area contributed by atoms with Crippen LogP contribution in [0.25, 0.3) is 0 Å². The van der Waals surface area contributed by atoms with Crippen molar-refractivity contribution in [1.82, 2.24) is 4.90 Å². The van der Waals surface area contributed by atoms with Crippen molar-refractivity contribution in [2.45, 2.75) is 51.2 Å². The number of hydrogen-bond donors (Lipinski definition) is 1. The van der Waals surface area contributed by atoms with Crippen LogP contribution in [0.2, 0.25) is 0 Å². The van der Waals surface area contributed by atoms with E-state index in [1.165, 1.54) is 27.3 Å². The Bertz CT molecular complexity index is 1190. The number of carbonyl (C=O) groups is 1. The first kappa shape index (κ1) is 22.5. The van der Waals surface area contributed by atoms with Crippen LogP contribution >= 0.6 is 0 Å². The minimum Gasteiger partial charge on any atom is -0.464 e. The van der Waals surface area contributed by atoms with Crippen LogP contribution in [-0.4, -0.2) is 35.9 Å². The summed E-state index contributed by atoms with van der Waals surface area (Å²) in [6.07, 6.45) is 0.328. The summed E-state index contributed by atoms with van der Waals surface area (Å²) in [5, 5.41) is 10.2. The highest BCUT2D eigenvalue weighted by Gasteiger charge is 2.53. The van der Waals surface area contributed by atoms with Gasteiger partial charge in [-0.1, -0.05) is 63.2 Å². The molecule has 1 N–H and O–H groups in total. The lowest BCUT2D eigenvalue weighted by molar-refractivity contribution is 0.205. The molecule has 0 spiro atoms. The molecule has 0 aromatic heterocycles. The lowest BCUT2D eigenvalue weighted by atomic mass is 9.81. The molecule has 0 bridgehead atoms. The van der Waals surface area contributed by atoms with E-state index in [0.29, 0.717) is 17.3 Å². The van der Waals surface area contributed by atoms with Crippen molar-refractivity contribution in [3.8, 4) is 0 Å². The van der Waals surface area contributed by atoms with Crippen molar-refractivity contribution in [2.24, 2.45) is 0 Å². The highest BCUT2D eigenvalue weighted by Crippen LogP contribution is 2.53. The van der Waals surface area contributed by atoms with Crippen LogP contribution in [0.4, 0.5) is 21.9 Å². The molecule has 1 unspecified atom stereocenters. The second-order valence-electron chi connectivity index (χ2n) is 10.2. The molecule has 2 heterocycles. The van der Waals surface area contributed by atoms with Crippen LogP contribution in [0.1, 0.15) is 49.8 Å². The number of benzene rings is 3. The molecule has 5 heteroatoms. The molecule has 2 aliphatic rings. The summed E-state index contributed by atoms with van der Waals surface area (Å²) in [5.74, 6) is 0.402. The lowest BCUT2D eigenvalue weighted by Crippen LogP contribution is -2.46. The number of nitrogens with zero attached hydrogens (tertiary/aromatic N) is 3.